The highest BCUT2D eigenvalue weighted by atomic mass is 16.4. The first-order valence-corrected chi connectivity index (χ1v) is 9.31. The molecule has 0 bridgehead atoms. The highest BCUT2D eigenvalue weighted by molar-refractivity contribution is 6.23. The van der Waals surface area contributed by atoms with Crippen LogP contribution in [0.15, 0.2) is 72.8 Å². The summed E-state index contributed by atoms with van der Waals surface area (Å²) >= 11 is 0. The van der Waals surface area contributed by atoms with Gasteiger partial charge in [-0.25, -0.2) is 9.59 Å². The van der Waals surface area contributed by atoms with E-state index in [1.54, 1.807) is 0 Å². The molecule has 0 amide bonds. The Morgan fingerprint density at radius 3 is 1.83 bits per heavy atom. The SMILES string of the molecule is O=C(O)c1cc(C#Cc2ccc3ccc4cccc5ccc2c3c45)cc(C(=O)O)c1. The second-order valence-electron chi connectivity index (χ2n) is 7.13. The van der Waals surface area contributed by atoms with E-state index in [9.17, 15) is 19.8 Å². The van der Waals surface area contributed by atoms with Crippen molar-refractivity contribution in [2.24, 2.45) is 0 Å². The molecule has 0 aliphatic heterocycles. The van der Waals surface area contributed by atoms with Gasteiger partial charge in [0.05, 0.1) is 11.1 Å². The molecule has 0 spiro atoms. The Bertz CT molecular complexity index is 1500. The Balaban J connectivity index is 1.72. The normalized spacial score (nSPS) is 10.9. The van der Waals surface area contributed by atoms with Crippen LogP contribution >= 0.6 is 0 Å². The Morgan fingerprint density at radius 2 is 1.20 bits per heavy atom. The van der Waals surface area contributed by atoms with Crippen molar-refractivity contribution >= 4 is 44.3 Å². The van der Waals surface area contributed by atoms with E-state index in [1.165, 1.54) is 17.5 Å². The highest BCUT2D eigenvalue weighted by Gasteiger charge is 2.12. The fourth-order valence-electron chi connectivity index (χ4n) is 3.93. The number of benzene rings is 5. The summed E-state index contributed by atoms with van der Waals surface area (Å²) in [4.78, 5) is 22.7. The lowest BCUT2D eigenvalue weighted by atomic mass is 9.92. The summed E-state index contributed by atoms with van der Waals surface area (Å²) in [6.45, 7) is 0. The van der Waals surface area contributed by atoms with Gasteiger partial charge in [-0.2, -0.15) is 0 Å². The largest absolute Gasteiger partial charge is 0.478 e. The molecule has 5 rings (SSSR count). The number of hydrogen-bond acceptors (Lipinski definition) is 2. The summed E-state index contributed by atoms with van der Waals surface area (Å²) in [6, 6.07) is 22.4. The summed E-state index contributed by atoms with van der Waals surface area (Å²) in [5.41, 5.74) is 0.945. The van der Waals surface area contributed by atoms with Gasteiger partial charge < -0.3 is 10.2 Å². The zero-order chi connectivity index (χ0) is 20.8. The van der Waals surface area contributed by atoms with Gasteiger partial charge in [0.15, 0.2) is 0 Å². The molecule has 0 aromatic heterocycles. The zero-order valence-corrected chi connectivity index (χ0v) is 15.6. The summed E-state index contributed by atoms with van der Waals surface area (Å²) in [5.74, 6) is 3.68. The summed E-state index contributed by atoms with van der Waals surface area (Å²) < 4.78 is 0. The minimum Gasteiger partial charge on any atom is -0.478 e. The van der Waals surface area contributed by atoms with Gasteiger partial charge in [0.1, 0.15) is 0 Å². The van der Waals surface area contributed by atoms with Crippen LogP contribution in [0.1, 0.15) is 31.8 Å². The molecule has 5 aromatic rings. The fraction of sp³-hybridized carbons (Fsp3) is 0. The molecule has 4 nitrogen and oxygen atoms in total. The van der Waals surface area contributed by atoms with Crippen LogP contribution in [0.4, 0.5) is 0 Å². The lowest BCUT2D eigenvalue weighted by Gasteiger charge is -2.11. The predicted octanol–water partition coefficient (Wildman–Crippen LogP) is 5.38. The van der Waals surface area contributed by atoms with Gasteiger partial charge in [-0.15, -0.1) is 0 Å². The molecule has 2 N–H and O–H groups in total. The molecule has 0 fully saturated rings. The van der Waals surface area contributed by atoms with E-state index in [1.807, 2.05) is 24.3 Å². The van der Waals surface area contributed by atoms with Crippen molar-refractivity contribution in [3.8, 4) is 11.8 Å². The van der Waals surface area contributed by atoms with Crippen molar-refractivity contribution in [2.45, 2.75) is 0 Å². The van der Waals surface area contributed by atoms with E-state index >= 15 is 0 Å². The molecule has 0 saturated heterocycles. The first kappa shape index (κ1) is 17.7. The van der Waals surface area contributed by atoms with Crippen LogP contribution in [0.2, 0.25) is 0 Å². The molecule has 5 aromatic carbocycles. The Labute approximate surface area is 171 Å². The van der Waals surface area contributed by atoms with Crippen molar-refractivity contribution in [1.29, 1.82) is 0 Å². The molecule has 0 aliphatic carbocycles. The molecule has 142 valence electrons. The maximum absolute atomic E-state index is 11.3. The monoisotopic (exact) mass is 390 g/mol. The third kappa shape index (κ3) is 2.81. The Kier molecular flexibility index (Phi) is 3.90. The van der Waals surface area contributed by atoms with Crippen molar-refractivity contribution in [3.63, 3.8) is 0 Å². The number of carbonyl (C=O) groups is 2. The maximum Gasteiger partial charge on any atom is 0.335 e. The van der Waals surface area contributed by atoms with Crippen molar-refractivity contribution in [3.05, 3.63) is 95.1 Å². The van der Waals surface area contributed by atoms with E-state index in [-0.39, 0.29) is 11.1 Å². The number of aromatic carboxylic acids is 2. The van der Waals surface area contributed by atoms with Gasteiger partial charge in [-0.05, 0) is 56.6 Å². The Morgan fingerprint density at radius 1 is 0.633 bits per heavy atom. The van der Waals surface area contributed by atoms with Crippen molar-refractivity contribution < 1.29 is 19.8 Å². The van der Waals surface area contributed by atoms with Gasteiger partial charge in [0.25, 0.3) is 0 Å². The fourth-order valence-corrected chi connectivity index (χ4v) is 3.93. The molecule has 30 heavy (non-hydrogen) atoms. The molecule has 0 unspecified atom stereocenters. The van der Waals surface area contributed by atoms with Crippen molar-refractivity contribution in [1.82, 2.24) is 0 Å². The lowest BCUT2D eigenvalue weighted by molar-refractivity contribution is 0.0696. The average molecular weight is 390 g/mol. The Hall–Kier alpha value is -4.36. The van der Waals surface area contributed by atoms with E-state index < -0.39 is 11.9 Å². The van der Waals surface area contributed by atoms with Gasteiger partial charge >= 0.3 is 11.9 Å². The molecular formula is C26H14O4. The van der Waals surface area contributed by atoms with Crippen LogP contribution in [-0.2, 0) is 0 Å². The van der Waals surface area contributed by atoms with E-state index in [2.05, 4.69) is 42.2 Å². The average Bonchev–Trinajstić information content (AvgIpc) is 2.76. The predicted molar refractivity (Wildman–Crippen MR) is 116 cm³/mol. The smallest absolute Gasteiger partial charge is 0.335 e. The third-order valence-electron chi connectivity index (χ3n) is 5.30. The van der Waals surface area contributed by atoms with E-state index in [4.69, 9.17) is 0 Å². The van der Waals surface area contributed by atoms with Crippen LogP contribution in [0.5, 0.6) is 0 Å². The minimum atomic E-state index is -1.19. The first-order chi connectivity index (χ1) is 14.5. The third-order valence-corrected chi connectivity index (χ3v) is 5.30. The van der Waals surface area contributed by atoms with Gasteiger partial charge in [-0.1, -0.05) is 60.4 Å². The molecule has 0 radical (unpaired) electrons. The standard InChI is InChI=1S/C26H14O4/c27-25(28)20-12-15(13-21(14-20)26(29)30)4-5-16-6-7-19-9-8-17-2-1-3-18-10-11-22(16)24(19)23(17)18/h1-3,6-14H,(H,27,28)(H,29,30). The van der Waals surface area contributed by atoms with E-state index in [0.717, 1.165) is 38.6 Å². The van der Waals surface area contributed by atoms with Crippen LogP contribution in [0.3, 0.4) is 0 Å². The van der Waals surface area contributed by atoms with Crippen molar-refractivity contribution in [2.75, 3.05) is 0 Å². The molecule has 0 saturated carbocycles. The highest BCUT2D eigenvalue weighted by Crippen LogP contribution is 2.35. The number of rotatable bonds is 2. The zero-order valence-electron chi connectivity index (χ0n) is 15.6. The van der Waals surface area contributed by atoms with Crippen LogP contribution in [0.25, 0.3) is 32.3 Å². The molecule has 0 aliphatic rings. The number of hydrogen-bond donors (Lipinski definition) is 2. The van der Waals surface area contributed by atoms with Gasteiger partial charge in [0, 0.05) is 11.1 Å². The lowest BCUT2D eigenvalue weighted by Crippen LogP contribution is -2.03. The maximum atomic E-state index is 11.3. The summed E-state index contributed by atoms with van der Waals surface area (Å²) in [6.07, 6.45) is 0. The van der Waals surface area contributed by atoms with E-state index in [0.29, 0.717) is 5.56 Å². The van der Waals surface area contributed by atoms with Crippen LogP contribution in [-0.4, -0.2) is 22.2 Å². The second-order valence-corrected chi connectivity index (χ2v) is 7.13. The minimum absolute atomic E-state index is 0.102. The molecule has 0 heterocycles. The van der Waals surface area contributed by atoms with Crippen LogP contribution in [0, 0.1) is 11.8 Å². The van der Waals surface area contributed by atoms with Crippen LogP contribution < -0.4 is 0 Å². The molecular weight excluding hydrogens is 376 g/mol. The quantitative estimate of drug-likeness (QED) is 0.313. The topological polar surface area (TPSA) is 74.6 Å². The second kappa shape index (κ2) is 6.61. The summed E-state index contributed by atoms with van der Waals surface area (Å²) in [5, 5.41) is 25.3. The number of carboxylic acid groups (broad SMARTS) is 2. The number of carboxylic acids is 2. The summed E-state index contributed by atoms with van der Waals surface area (Å²) in [7, 11) is 0. The molecule has 4 heteroatoms. The molecule has 0 atom stereocenters. The van der Waals surface area contributed by atoms with Gasteiger partial charge in [-0.3, -0.25) is 0 Å². The van der Waals surface area contributed by atoms with Gasteiger partial charge in [0.2, 0.25) is 0 Å². The first-order valence-electron chi connectivity index (χ1n) is 9.31.